The third-order valence-corrected chi connectivity index (χ3v) is 7.95. The van der Waals surface area contributed by atoms with Crippen LogP contribution < -0.4 is 0 Å². The summed E-state index contributed by atoms with van der Waals surface area (Å²) in [5.41, 5.74) is 8.60. The van der Waals surface area contributed by atoms with E-state index in [-0.39, 0.29) is 5.82 Å². The van der Waals surface area contributed by atoms with Crippen molar-refractivity contribution in [1.82, 2.24) is 4.57 Å². The van der Waals surface area contributed by atoms with Crippen LogP contribution in [0.15, 0.2) is 108 Å². The van der Waals surface area contributed by atoms with Crippen molar-refractivity contribution in [3.05, 3.63) is 142 Å². The second kappa shape index (κ2) is 12.0. The Hall–Kier alpha value is -4.44. The van der Waals surface area contributed by atoms with Gasteiger partial charge < -0.3 is 9.30 Å². The molecular weight excluding hydrogens is 507 g/mol. The summed E-state index contributed by atoms with van der Waals surface area (Å²) in [6.45, 7) is 2.77. The minimum atomic E-state index is -0.256. The molecule has 41 heavy (non-hydrogen) atoms. The van der Waals surface area contributed by atoms with Crippen LogP contribution in [0.4, 0.5) is 4.39 Å². The van der Waals surface area contributed by atoms with E-state index >= 15 is 0 Å². The van der Waals surface area contributed by atoms with E-state index in [4.69, 9.17) is 9.73 Å². The molecule has 1 aliphatic heterocycles. The van der Waals surface area contributed by atoms with Crippen LogP contribution in [0, 0.1) is 5.82 Å². The van der Waals surface area contributed by atoms with Crippen LogP contribution in [-0.4, -0.2) is 10.5 Å². The van der Waals surface area contributed by atoms with Gasteiger partial charge in [-0.25, -0.2) is 9.38 Å². The monoisotopic (exact) mass is 542 g/mol. The maximum Gasteiger partial charge on any atom is 0.223 e. The van der Waals surface area contributed by atoms with Crippen molar-refractivity contribution in [1.29, 1.82) is 0 Å². The Labute approximate surface area is 241 Å². The topological polar surface area (TPSA) is 26.5 Å². The van der Waals surface area contributed by atoms with Gasteiger partial charge in [-0.05, 0) is 48.2 Å². The van der Waals surface area contributed by atoms with Crippen molar-refractivity contribution in [2.45, 2.75) is 45.6 Å². The molecule has 5 aromatic rings. The number of hydrogen-bond donors (Lipinski definition) is 0. The lowest BCUT2D eigenvalue weighted by atomic mass is 9.90. The Morgan fingerprint density at radius 1 is 0.780 bits per heavy atom. The van der Waals surface area contributed by atoms with Crippen LogP contribution in [0.1, 0.15) is 66.1 Å². The fourth-order valence-corrected chi connectivity index (χ4v) is 5.87. The Kier molecular flexibility index (Phi) is 7.82. The van der Waals surface area contributed by atoms with Crippen molar-refractivity contribution >= 4 is 28.1 Å². The molecule has 6 rings (SSSR count). The van der Waals surface area contributed by atoms with Gasteiger partial charge in [0.1, 0.15) is 11.6 Å². The summed E-state index contributed by atoms with van der Waals surface area (Å²) in [5.74, 6) is 1.13. The Balaban J connectivity index is 1.58. The van der Waals surface area contributed by atoms with Gasteiger partial charge in [-0.3, -0.25) is 0 Å². The highest BCUT2D eigenvalue weighted by Gasteiger charge is 2.31. The number of ether oxygens (including phenoxy) is 1. The zero-order chi connectivity index (χ0) is 28.2. The summed E-state index contributed by atoms with van der Waals surface area (Å²) >= 11 is 0. The van der Waals surface area contributed by atoms with Crippen LogP contribution in [0.5, 0.6) is 0 Å². The number of unbranched alkanes of at least 4 members (excludes halogenated alkanes) is 3. The lowest BCUT2D eigenvalue weighted by molar-refractivity contribution is 0.523. The second-order valence-electron chi connectivity index (χ2n) is 10.7. The normalized spacial score (nSPS) is 14.9. The number of rotatable bonds is 9. The number of hydrogen-bond acceptors (Lipinski definition) is 2. The number of halogens is 1. The highest BCUT2D eigenvalue weighted by atomic mass is 19.1. The van der Waals surface area contributed by atoms with Crippen LogP contribution in [0.3, 0.4) is 0 Å². The molecule has 0 N–H and O–H groups in total. The van der Waals surface area contributed by atoms with Crippen molar-refractivity contribution in [2.24, 2.45) is 12.0 Å². The molecular formula is C37H35FN2O. The largest absolute Gasteiger partial charge is 0.437 e. The Bertz CT molecular complexity index is 1730. The zero-order valence-electron chi connectivity index (χ0n) is 23.7. The van der Waals surface area contributed by atoms with Crippen molar-refractivity contribution < 1.29 is 9.13 Å². The number of para-hydroxylation sites is 1. The molecule has 2 heterocycles. The molecule has 0 saturated carbocycles. The molecule has 4 heteroatoms. The summed E-state index contributed by atoms with van der Waals surface area (Å²) in [7, 11) is 2.16. The van der Waals surface area contributed by atoms with Crippen LogP contribution in [0.25, 0.3) is 22.2 Å². The van der Waals surface area contributed by atoms with Crippen molar-refractivity contribution in [3.63, 3.8) is 0 Å². The first-order chi connectivity index (χ1) is 20.2. The molecule has 0 atom stereocenters. The predicted molar refractivity (Wildman–Crippen MR) is 167 cm³/mol. The van der Waals surface area contributed by atoms with E-state index in [0.29, 0.717) is 12.4 Å². The molecule has 0 saturated heterocycles. The summed E-state index contributed by atoms with van der Waals surface area (Å²) in [4.78, 5) is 4.92. The van der Waals surface area contributed by atoms with Crippen molar-refractivity contribution in [2.75, 3.05) is 0 Å². The molecule has 0 aliphatic carbocycles. The maximum absolute atomic E-state index is 14.2. The molecule has 4 aromatic carbocycles. The third-order valence-electron chi connectivity index (χ3n) is 7.95. The highest BCUT2D eigenvalue weighted by molar-refractivity contribution is 6.15. The molecule has 0 radical (unpaired) electrons. The number of aromatic nitrogens is 1. The summed E-state index contributed by atoms with van der Waals surface area (Å²) < 4.78 is 23.3. The van der Waals surface area contributed by atoms with E-state index in [1.807, 2.05) is 42.5 Å². The first-order valence-electron chi connectivity index (χ1n) is 14.6. The van der Waals surface area contributed by atoms with E-state index in [1.165, 1.54) is 48.0 Å². The fraction of sp³-hybridized carbons (Fsp3) is 0.216. The maximum atomic E-state index is 14.2. The van der Waals surface area contributed by atoms with Gasteiger partial charge in [-0.1, -0.05) is 105 Å². The highest BCUT2D eigenvalue weighted by Crippen LogP contribution is 2.44. The van der Waals surface area contributed by atoms with Gasteiger partial charge in [0, 0.05) is 45.9 Å². The molecule has 1 aliphatic rings. The Morgan fingerprint density at radius 2 is 1.49 bits per heavy atom. The number of benzene rings is 4. The molecule has 1 aromatic heterocycles. The molecule has 0 unspecified atom stereocenters. The fourth-order valence-electron chi connectivity index (χ4n) is 5.87. The van der Waals surface area contributed by atoms with Crippen LogP contribution in [-0.2, 0) is 24.8 Å². The molecule has 0 fully saturated rings. The smallest absolute Gasteiger partial charge is 0.223 e. The third kappa shape index (κ3) is 5.35. The average molecular weight is 543 g/mol. The molecule has 0 spiro atoms. The van der Waals surface area contributed by atoms with Gasteiger partial charge >= 0.3 is 0 Å². The molecule has 0 amide bonds. The summed E-state index contributed by atoms with van der Waals surface area (Å²) in [6.07, 6.45) is 5.67. The lowest BCUT2D eigenvalue weighted by Gasteiger charge is -2.16. The number of fused-ring (bicyclic) bond motifs is 2. The summed E-state index contributed by atoms with van der Waals surface area (Å²) in [5, 5.41) is 1.17. The molecule has 0 bridgehead atoms. The van der Waals surface area contributed by atoms with E-state index in [9.17, 15) is 4.39 Å². The minimum absolute atomic E-state index is 0.256. The van der Waals surface area contributed by atoms with E-state index in [1.54, 1.807) is 0 Å². The van der Waals surface area contributed by atoms with Gasteiger partial charge in [0.05, 0.1) is 6.54 Å². The zero-order valence-corrected chi connectivity index (χ0v) is 23.7. The predicted octanol–water partition coefficient (Wildman–Crippen LogP) is 9.33. The minimum Gasteiger partial charge on any atom is -0.437 e. The van der Waals surface area contributed by atoms with Crippen molar-refractivity contribution in [3.8, 4) is 0 Å². The second-order valence-corrected chi connectivity index (χ2v) is 10.7. The van der Waals surface area contributed by atoms with Gasteiger partial charge in [0.2, 0.25) is 5.90 Å². The number of nitrogens with zero attached hydrogens (tertiary/aromatic N) is 2. The Morgan fingerprint density at radius 3 is 2.27 bits per heavy atom. The quantitative estimate of drug-likeness (QED) is 0.170. The van der Waals surface area contributed by atoms with E-state index < -0.39 is 0 Å². The lowest BCUT2D eigenvalue weighted by Crippen LogP contribution is -2.03. The van der Waals surface area contributed by atoms with Crippen LogP contribution >= 0.6 is 0 Å². The van der Waals surface area contributed by atoms with Gasteiger partial charge in [0.15, 0.2) is 0 Å². The van der Waals surface area contributed by atoms with Gasteiger partial charge in [-0.15, -0.1) is 0 Å². The van der Waals surface area contributed by atoms with E-state index in [0.717, 1.165) is 52.0 Å². The molecule has 3 nitrogen and oxygen atoms in total. The average Bonchev–Trinajstić information content (AvgIpc) is 3.51. The molecule has 206 valence electrons. The van der Waals surface area contributed by atoms with Gasteiger partial charge in [0.25, 0.3) is 0 Å². The van der Waals surface area contributed by atoms with Gasteiger partial charge in [-0.2, -0.15) is 0 Å². The SMILES string of the molecule is CCCCCCc1c(/C(=C2/OC(=NCc3ccccc3)c3ccccc32)c2ccc(F)cc2)c2ccccc2n1C. The first kappa shape index (κ1) is 26.8. The van der Waals surface area contributed by atoms with Crippen LogP contribution in [0.2, 0.25) is 0 Å². The van der Waals surface area contributed by atoms with E-state index in [2.05, 4.69) is 67.1 Å². The summed E-state index contributed by atoms with van der Waals surface area (Å²) in [6, 6.07) is 33.8. The number of aryl methyl sites for hydroxylation is 1. The first-order valence-corrected chi connectivity index (χ1v) is 14.6. The standard InChI is InChI=1S/C37H35FN2O/c1-3-4-5-9-20-33-35(31-18-12-13-19-32(31)40(33)2)34(27-21-23-28(38)24-22-27)36-29-16-10-11-17-30(29)37(41-36)39-25-26-14-7-6-8-15-26/h6-8,10-19,21-24H,3-5,9,20,25H2,1-2H3/b36-34+,39-37?. The number of aliphatic imine (C=N–C) groups is 1.